The van der Waals surface area contributed by atoms with E-state index in [2.05, 4.69) is 48.0 Å². The summed E-state index contributed by atoms with van der Waals surface area (Å²) in [4.78, 5) is 46.1. The quantitative estimate of drug-likeness (QED) is 0.545. The number of urea groups is 1. The third-order valence-electron chi connectivity index (χ3n) is 9.07. The van der Waals surface area contributed by atoms with Gasteiger partial charge in [0, 0.05) is 56.7 Å². The average molecular weight is 534 g/mol. The van der Waals surface area contributed by atoms with E-state index in [0.29, 0.717) is 35.6 Å². The predicted molar refractivity (Wildman–Crippen MR) is 150 cm³/mol. The maximum Gasteiger partial charge on any atom is 0.321 e. The summed E-state index contributed by atoms with van der Waals surface area (Å²) in [6, 6.07) is 5.37. The zero-order chi connectivity index (χ0) is 27.4. The number of pyridine rings is 1. The van der Waals surface area contributed by atoms with Crippen LogP contribution in [0.25, 0.3) is 0 Å². The maximum absolute atomic E-state index is 13.8. The molecule has 2 aromatic rings. The summed E-state index contributed by atoms with van der Waals surface area (Å²) < 4.78 is 0. The molecule has 2 aromatic heterocycles. The summed E-state index contributed by atoms with van der Waals surface area (Å²) in [6.45, 7) is 9.21. The number of nitrogens with zero attached hydrogens (tertiary/aromatic N) is 6. The van der Waals surface area contributed by atoms with Gasteiger partial charge in [-0.15, -0.1) is 0 Å². The van der Waals surface area contributed by atoms with Gasteiger partial charge in [-0.3, -0.25) is 9.78 Å². The molecule has 1 N–H and O–H groups in total. The normalized spacial score (nSPS) is 22.3. The number of rotatable bonds is 8. The molecule has 39 heavy (non-hydrogen) atoms. The fourth-order valence-electron chi connectivity index (χ4n) is 6.77. The van der Waals surface area contributed by atoms with Crippen LogP contribution in [0, 0.1) is 13.8 Å². The first kappa shape index (κ1) is 27.5. The highest BCUT2D eigenvalue weighted by Crippen LogP contribution is 2.38. The molecule has 2 saturated heterocycles. The van der Waals surface area contributed by atoms with Gasteiger partial charge in [0.25, 0.3) is 5.91 Å². The molecule has 9 nitrogen and oxygen atoms in total. The number of aryl methyl sites for hydroxylation is 2. The molecule has 1 saturated carbocycles. The van der Waals surface area contributed by atoms with Crippen LogP contribution >= 0.6 is 0 Å². The smallest absolute Gasteiger partial charge is 0.321 e. The van der Waals surface area contributed by atoms with Crippen molar-refractivity contribution in [2.45, 2.75) is 96.3 Å². The van der Waals surface area contributed by atoms with Gasteiger partial charge in [0.15, 0.2) is 0 Å². The summed E-state index contributed by atoms with van der Waals surface area (Å²) >= 11 is 0. The first-order chi connectivity index (χ1) is 18.9. The van der Waals surface area contributed by atoms with E-state index in [4.69, 9.17) is 0 Å². The number of nitrogens with one attached hydrogen (secondary N) is 1. The monoisotopic (exact) mass is 533 g/mol. The Balaban J connectivity index is 1.17. The van der Waals surface area contributed by atoms with Crippen LogP contribution in [0.5, 0.6) is 0 Å². The largest absolute Gasteiger partial charge is 0.352 e. The van der Waals surface area contributed by atoms with Gasteiger partial charge in [0.1, 0.15) is 6.33 Å². The van der Waals surface area contributed by atoms with Crippen molar-refractivity contribution >= 4 is 11.9 Å². The minimum absolute atomic E-state index is 0.0752. The third kappa shape index (κ3) is 6.08. The van der Waals surface area contributed by atoms with Gasteiger partial charge < -0.3 is 20.0 Å². The van der Waals surface area contributed by atoms with Crippen molar-refractivity contribution in [3.05, 3.63) is 53.4 Å². The van der Waals surface area contributed by atoms with Gasteiger partial charge in [-0.1, -0.05) is 25.3 Å². The number of piperidine rings is 1. The zero-order valence-electron chi connectivity index (χ0n) is 23.7. The second-order valence-corrected chi connectivity index (χ2v) is 11.5. The van der Waals surface area contributed by atoms with Crippen LogP contribution in [0.1, 0.15) is 91.6 Å². The summed E-state index contributed by atoms with van der Waals surface area (Å²) in [7, 11) is 0. The number of hydrogen-bond donors (Lipinski definition) is 1. The minimum atomic E-state index is -0.104. The van der Waals surface area contributed by atoms with E-state index in [0.717, 1.165) is 57.3 Å². The molecule has 3 amide bonds. The average Bonchev–Trinajstić information content (AvgIpc) is 3.31. The van der Waals surface area contributed by atoms with Crippen molar-refractivity contribution in [1.29, 1.82) is 0 Å². The second kappa shape index (κ2) is 12.4. The summed E-state index contributed by atoms with van der Waals surface area (Å²) in [5, 5.41) is 3.06. The van der Waals surface area contributed by atoms with Crippen LogP contribution in [0.15, 0.2) is 30.9 Å². The summed E-state index contributed by atoms with van der Waals surface area (Å²) in [6.07, 6.45) is 14.0. The number of amides is 3. The fourth-order valence-corrected chi connectivity index (χ4v) is 6.77. The third-order valence-corrected chi connectivity index (χ3v) is 9.07. The van der Waals surface area contributed by atoms with Crippen molar-refractivity contribution < 1.29 is 9.59 Å². The molecule has 0 spiro atoms. The molecule has 210 valence electrons. The van der Waals surface area contributed by atoms with Crippen LogP contribution < -0.4 is 5.32 Å². The van der Waals surface area contributed by atoms with Gasteiger partial charge in [-0.2, -0.15) is 0 Å². The lowest BCUT2D eigenvalue weighted by molar-refractivity contribution is 0.0877. The molecule has 0 aromatic carbocycles. The molecule has 4 heterocycles. The lowest BCUT2D eigenvalue weighted by Crippen LogP contribution is -2.50. The number of hydrogen-bond acceptors (Lipinski definition) is 6. The SMILES string of the molecule is Cc1ncnc(C)c1C(=O)NCCC(C)N1CCC(N2C(=O)N(C3CCCCC3)CC2c2cccnc2)CC1. The molecule has 9 heteroatoms. The van der Waals surface area contributed by atoms with Crippen LogP contribution in [-0.4, -0.2) is 85.9 Å². The summed E-state index contributed by atoms with van der Waals surface area (Å²) in [5.41, 5.74) is 3.13. The molecular weight excluding hydrogens is 490 g/mol. The Kier molecular flexibility index (Phi) is 8.75. The highest BCUT2D eigenvalue weighted by Gasteiger charge is 2.45. The number of likely N-dealkylation sites (tertiary alicyclic amines) is 1. The Morgan fingerprint density at radius 1 is 1.05 bits per heavy atom. The Morgan fingerprint density at radius 3 is 2.44 bits per heavy atom. The van der Waals surface area contributed by atoms with E-state index >= 15 is 0 Å². The first-order valence-corrected chi connectivity index (χ1v) is 14.7. The van der Waals surface area contributed by atoms with E-state index in [9.17, 15) is 9.59 Å². The molecule has 1 aliphatic carbocycles. The topological polar surface area (TPSA) is 94.6 Å². The standard InChI is InChI=1S/C30H43N7O2/c1-21(11-15-32-29(38)28-22(2)33-20-34-23(28)3)35-16-12-26(13-17-35)37-27(24-8-7-14-31-18-24)19-36(30(37)39)25-9-5-4-6-10-25/h7-8,14,18,20-21,25-27H,4-6,9-13,15-17,19H2,1-3H3,(H,32,38). The van der Waals surface area contributed by atoms with Crippen molar-refractivity contribution in [2.24, 2.45) is 0 Å². The Bertz CT molecular complexity index is 1110. The minimum Gasteiger partial charge on any atom is -0.352 e. The van der Waals surface area contributed by atoms with Crippen molar-refractivity contribution in [3.63, 3.8) is 0 Å². The molecule has 0 radical (unpaired) electrons. The number of carbonyl (C=O) groups is 2. The second-order valence-electron chi connectivity index (χ2n) is 11.5. The maximum atomic E-state index is 13.8. The Labute approximate surface area is 232 Å². The molecule has 0 bridgehead atoms. The predicted octanol–water partition coefficient (Wildman–Crippen LogP) is 4.27. The van der Waals surface area contributed by atoms with Gasteiger partial charge >= 0.3 is 6.03 Å². The van der Waals surface area contributed by atoms with Crippen LogP contribution in [0.4, 0.5) is 4.79 Å². The Hall–Kier alpha value is -3.07. The molecule has 2 aliphatic heterocycles. The van der Waals surface area contributed by atoms with E-state index in [1.807, 2.05) is 32.3 Å². The van der Waals surface area contributed by atoms with Crippen LogP contribution in [-0.2, 0) is 0 Å². The highest BCUT2D eigenvalue weighted by molar-refractivity contribution is 5.96. The summed E-state index contributed by atoms with van der Waals surface area (Å²) in [5.74, 6) is -0.104. The van der Waals surface area contributed by atoms with Gasteiger partial charge in [-0.05, 0) is 64.5 Å². The van der Waals surface area contributed by atoms with Crippen LogP contribution in [0.3, 0.4) is 0 Å². The molecule has 3 fully saturated rings. The number of carbonyl (C=O) groups excluding carboxylic acids is 2. The first-order valence-electron chi connectivity index (χ1n) is 14.7. The van der Waals surface area contributed by atoms with E-state index < -0.39 is 0 Å². The van der Waals surface area contributed by atoms with Crippen molar-refractivity contribution in [1.82, 2.24) is 35.0 Å². The highest BCUT2D eigenvalue weighted by atomic mass is 16.2. The molecule has 2 unspecified atom stereocenters. The molecular formula is C30H43N7O2. The van der Waals surface area contributed by atoms with Gasteiger partial charge in [0.2, 0.25) is 0 Å². The lowest BCUT2D eigenvalue weighted by atomic mass is 9.94. The molecule has 5 rings (SSSR count). The van der Waals surface area contributed by atoms with Crippen LogP contribution in [0.2, 0.25) is 0 Å². The van der Waals surface area contributed by atoms with Gasteiger partial charge in [-0.25, -0.2) is 14.8 Å². The van der Waals surface area contributed by atoms with Crippen molar-refractivity contribution in [3.8, 4) is 0 Å². The lowest BCUT2D eigenvalue weighted by Gasteiger charge is -2.41. The molecule has 3 aliphatic rings. The Morgan fingerprint density at radius 2 is 1.77 bits per heavy atom. The zero-order valence-corrected chi connectivity index (χ0v) is 23.7. The van der Waals surface area contributed by atoms with Crippen molar-refractivity contribution in [2.75, 3.05) is 26.2 Å². The van der Waals surface area contributed by atoms with Gasteiger partial charge in [0.05, 0.1) is 23.0 Å². The molecule has 2 atom stereocenters. The van der Waals surface area contributed by atoms with E-state index in [1.54, 1.807) is 0 Å². The van der Waals surface area contributed by atoms with E-state index in [1.165, 1.54) is 25.6 Å². The number of aromatic nitrogens is 3. The van der Waals surface area contributed by atoms with E-state index in [-0.39, 0.29) is 24.0 Å². The fraction of sp³-hybridized carbons (Fsp3) is 0.633.